The molecule has 3 aromatic rings. The Morgan fingerprint density at radius 1 is 1.31 bits per heavy atom. The molecular formula is C18H16FN3O4. The molecule has 0 bridgehead atoms. The molecule has 0 saturated heterocycles. The number of hydrogen-bond acceptors (Lipinski definition) is 5. The number of aromatic nitrogens is 3. The van der Waals surface area contributed by atoms with Gasteiger partial charge in [-0.1, -0.05) is 6.07 Å². The molecule has 3 rings (SSSR count). The van der Waals surface area contributed by atoms with E-state index in [1.165, 1.54) is 12.1 Å². The Hall–Kier alpha value is -3.42. The topological polar surface area (TPSA) is 86.4 Å². The van der Waals surface area contributed by atoms with Crippen molar-refractivity contribution >= 4 is 11.8 Å². The molecule has 8 heteroatoms. The van der Waals surface area contributed by atoms with Crippen molar-refractivity contribution in [2.45, 2.75) is 6.92 Å². The van der Waals surface area contributed by atoms with E-state index in [1.54, 1.807) is 42.9 Å². The number of rotatable bonds is 5. The van der Waals surface area contributed by atoms with Crippen molar-refractivity contribution in [3.05, 3.63) is 65.5 Å². The van der Waals surface area contributed by atoms with Crippen molar-refractivity contribution in [1.29, 1.82) is 0 Å². The molecule has 0 unspecified atom stereocenters. The van der Waals surface area contributed by atoms with Gasteiger partial charge in [-0.25, -0.2) is 13.9 Å². The zero-order valence-electron chi connectivity index (χ0n) is 14.1. The minimum absolute atomic E-state index is 0.0826. The Balaban J connectivity index is 1.76. The Kier molecular flexibility index (Phi) is 4.57. The second kappa shape index (κ2) is 6.83. The van der Waals surface area contributed by atoms with Gasteiger partial charge in [0.05, 0.1) is 11.9 Å². The molecule has 0 radical (unpaired) electrons. The van der Waals surface area contributed by atoms with Gasteiger partial charge in [0.15, 0.2) is 12.4 Å². The second-order valence-electron chi connectivity index (χ2n) is 5.77. The number of ketones is 1. The summed E-state index contributed by atoms with van der Waals surface area (Å²) in [5, 5.41) is 13.8. The highest BCUT2D eigenvalue weighted by molar-refractivity contribution is 5.98. The number of ether oxygens (including phenoxy) is 1. The molecule has 0 amide bonds. The van der Waals surface area contributed by atoms with Crippen molar-refractivity contribution in [2.75, 3.05) is 6.61 Å². The zero-order chi connectivity index (χ0) is 18.8. The molecule has 2 aromatic heterocycles. The molecule has 0 aliphatic rings. The van der Waals surface area contributed by atoms with Gasteiger partial charge in [-0.3, -0.25) is 4.79 Å². The molecule has 0 saturated carbocycles. The number of Topliss-reactive ketones (excluding diaryl/α,β-unsaturated/α-hetero) is 1. The highest BCUT2D eigenvalue weighted by Gasteiger charge is 2.21. The molecule has 0 spiro atoms. The maximum atomic E-state index is 13.9. The van der Waals surface area contributed by atoms with Crippen molar-refractivity contribution in [3.8, 4) is 11.4 Å². The predicted molar refractivity (Wildman–Crippen MR) is 89.9 cm³/mol. The van der Waals surface area contributed by atoms with E-state index < -0.39 is 35.6 Å². The van der Waals surface area contributed by atoms with Crippen molar-refractivity contribution in [1.82, 2.24) is 14.3 Å². The highest BCUT2D eigenvalue weighted by atomic mass is 19.1. The number of halogens is 1. The van der Waals surface area contributed by atoms with E-state index in [0.29, 0.717) is 5.69 Å². The number of carbonyl (C=O) groups is 2. The highest BCUT2D eigenvalue weighted by Crippen LogP contribution is 2.21. The number of aryl methyl sites for hydroxylation is 2. The summed E-state index contributed by atoms with van der Waals surface area (Å²) in [5.41, 5.74) is 0.855. The van der Waals surface area contributed by atoms with E-state index >= 15 is 0 Å². The van der Waals surface area contributed by atoms with E-state index in [-0.39, 0.29) is 5.69 Å². The normalized spacial score (nSPS) is 10.7. The average Bonchev–Trinajstić information content (AvgIpc) is 3.20. The first-order valence-electron chi connectivity index (χ1n) is 7.73. The summed E-state index contributed by atoms with van der Waals surface area (Å²) in [5.74, 6) is -2.40. The summed E-state index contributed by atoms with van der Waals surface area (Å²) in [4.78, 5) is 24.1. The maximum Gasteiger partial charge on any atom is 0.363 e. The first kappa shape index (κ1) is 17.4. The van der Waals surface area contributed by atoms with Gasteiger partial charge < -0.3 is 14.4 Å². The SMILES string of the molecule is Cc1ccc(F)c(-n2cc(O)c(C(=O)OCC(=O)c3cccn3C)n2)c1. The first-order chi connectivity index (χ1) is 12.4. The summed E-state index contributed by atoms with van der Waals surface area (Å²) in [7, 11) is 1.69. The third kappa shape index (κ3) is 3.34. The van der Waals surface area contributed by atoms with Crippen molar-refractivity contribution in [2.24, 2.45) is 7.05 Å². The fraction of sp³-hybridized carbons (Fsp3) is 0.167. The summed E-state index contributed by atoms with van der Waals surface area (Å²) >= 11 is 0. The number of carbonyl (C=O) groups excluding carboxylic acids is 2. The standard InChI is InChI=1S/C18H16FN3O4/c1-11-5-6-12(19)14(8-11)22-9-15(23)17(20-22)18(25)26-10-16(24)13-4-3-7-21(13)2/h3-9,23H,10H2,1-2H3. The van der Waals surface area contributed by atoms with Crippen LogP contribution in [0.3, 0.4) is 0 Å². The third-order valence-corrected chi connectivity index (χ3v) is 3.80. The van der Waals surface area contributed by atoms with Crippen LogP contribution in [-0.2, 0) is 11.8 Å². The van der Waals surface area contributed by atoms with E-state index in [1.807, 2.05) is 0 Å². The van der Waals surface area contributed by atoms with Gasteiger partial charge in [0, 0.05) is 13.2 Å². The van der Waals surface area contributed by atoms with Crippen LogP contribution in [0.4, 0.5) is 4.39 Å². The Bertz CT molecular complexity index is 990. The van der Waals surface area contributed by atoms with Crippen LogP contribution in [-0.4, -0.2) is 37.8 Å². The van der Waals surface area contributed by atoms with E-state index in [2.05, 4.69) is 5.10 Å². The molecule has 0 fully saturated rings. The third-order valence-electron chi connectivity index (χ3n) is 3.80. The summed E-state index contributed by atoms with van der Waals surface area (Å²) in [6.45, 7) is 1.28. The minimum Gasteiger partial charge on any atom is -0.504 e. The number of hydrogen-bond donors (Lipinski definition) is 1. The molecule has 134 valence electrons. The average molecular weight is 357 g/mol. The quantitative estimate of drug-likeness (QED) is 0.560. The molecule has 0 atom stereocenters. The Morgan fingerprint density at radius 3 is 2.77 bits per heavy atom. The van der Waals surface area contributed by atoms with E-state index in [4.69, 9.17) is 4.74 Å². The Labute approximate surface area is 148 Å². The van der Waals surface area contributed by atoms with E-state index in [9.17, 15) is 19.1 Å². The molecule has 2 heterocycles. The van der Waals surface area contributed by atoms with Crippen LogP contribution in [0.15, 0.2) is 42.7 Å². The van der Waals surface area contributed by atoms with Crippen molar-refractivity contribution < 1.29 is 23.8 Å². The number of benzene rings is 1. The number of esters is 1. The monoisotopic (exact) mass is 357 g/mol. The smallest absolute Gasteiger partial charge is 0.363 e. The van der Waals surface area contributed by atoms with Gasteiger partial charge in [0.1, 0.15) is 11.5 Å². The van der Waals surface area contributed by atoms with Crippen LogP contribution in [0.2, 0.25) is 0 Å². The van der Waals surface area contributed by atoms with Crippen LogP contribution in [0.1, 0.15) is 26.5 Å². The van der Waals surface area contributed by atoms with Gasteiger partial charge in [0.2, 0.25) is 11.5 Å². The fourth-order valence-corrected chi connectivity index (χ4v) is 2.46. The van der Waals surface area contributed by atoms with Crippen LogP contribution in [0, 0.1) is 12.7 Å². The molecule has 26 heavy (non-hydrogen) atoms. The van der Waals surface area contributed by atoms with Gasteiger partial charge in [-0.05, 0) is 36.8 Å². The van der Waals surface area contributed by atoms with Crippen LogP contribution < -0.4 is 0 Å². The molecule has 1 N–H and O–H groups in total. The molecule has 7 nitrogen and oxygen atoms in total. The first-order valence-corrected chi connectivity index (χ1v) is 7.73. The second-order valence-corrected chi connectivity index (χ2v) is 5.77. The van der Waals surface area contributed by atoms with Crippen LogP contribution in [0.5, 0.6) is 5.75 Å². The largest absolute Gasteiger partial charge is 0.504 e. The minimum atomic E-state index is -0.975. The Morgan fingerprint density at radius 2 is 2.08 bits per heavy atom. The van der Waals surface area contributed by atoms with Gasteiger partial charge >= 0.3 is 5.97 Å². The summed E-state index contributed by atoms with van der Waals surface area (Å²) < 4.78 is 21.5. The maximum absolute atomic E-state index is 13.9. The summed E-state index contributed by atoms with van der Waals surface area (Å²) in [6, 6.07) is 7.67. The lowest BCUT2D eigenvalue weighted by Crippen LogP contribution is -2.17. The molecule has 1 aromatic carbocycles. The van der Waals surface area contributed by atoms with Crippen LogP contribution >= 0.6 is 0 Å². The molecule has 0 aliphatic heterocycles. The molecular weight excluding hydrogens is 341 g/mol. The van der Waals surface area contributed by atoms with E-state index in [0.717, 1.165) is 16.4 Å². The fourth-order valence-electron chi connectivity index (χ4n) is 2.46. The lowest BCUT2D eigenvalue weighted by atomic mass is 10.2. The van der Waals surface area contributed by atoms with Crippen molar-refractivity contribution in [3.63, 3.8) is 0 Å². The lowest BCUT2D eigenvalue weighted by molar-refractivity contribution is 0.0463. The van der Waals surface area contributed by atoms with Gasteiger partial charge in [-0.2, -0.15) is 5.10 Å². The zero-order valence-corrected chi connectivity index (χ0v) is 14.1. The number of nitrogens with zero attached hydrogens (tertiary/aromatic N) is 3. The van der Waals surface area contributed by atoms with Crippen LogP contribution in [0.25, 0.3) is 5.69 Å². The van der Waals surface area contributed by atoms with Gasteiger partial charge in [0.25, 0.3) is 0 Å². The number of aromatic hydroxyl groups is 1. The predicted octanol–water partition coefficient (Wildman–Crippen LogP) is 2.40. The summed E-state index contributed by atoms with van der Waals surface area (Å²) in [6.07, 6.45) is 2.80. The molecule has 0 aliphatic carbocycles. The van der Waals surface area contributed by atoms with Gasteiger partial charge in [-0.15, -0.1) is 0 Å². The lowest BCUT2D eigenvalue weighted by Gasteiger charge is -2.05.